The van der Waals surface area contributed by atoms with Gasteiger partial charge in [0, 0.05) is 22.9 Å². The van der Waals surface area contributed by atoms with E-state index in [0.717, 1.165) is 23.2 Å². The lowest BCUT2D eigenvalue weighted by atomic mass is 9.77. The molecule has 0 amide bonds. The number of ether oxygens (including phenoxy) is 3. The quantitative estimate of drug-likeness (QED) is 0.380. The number of para-hydroxylation sites is 1. The molecule has 0 saturated carbocycles. The summed E-state index contributed by atoms with van der Waals surface area (Å²) in [6.07, 6.45) is 5.23. The van der Waals surface area contributed by atoms with Gasteiger partial charge in [-0.15, -0.1) is 0 Å². The second-order valence-electron chi connectivity index (χ2n) is 8.87. The first-order chi connectivity index (χ1) is 17.4. The number of methoxy groups -OCH3 is 2. The molecule has 0 aromatic heterocycles. The zero-order valence-electron chi connectivity index (χ0n) is 20.5. The Bertz CT molecular complexity index is 1390. The van der Waals surface area contributed by atoms with Crippen LogP contribution in [0.25, 0.3) is 0 Å². The number of hydrogen-bond donors (Lipinski definition) is 2. The number of allylic oxidation sites excluding steroid dienone is 2. The molecule has 188 valence electrons. The predicted octanol–water partition coefficient (Wildman–Crippen LogP) is 5.73. The first-order valence-electron chi connectivity index (χ1n) is 12.0. The maximum atomic E-state index is 13.2. The van der Waals surface area contributed by atoms with Gasteiger partial charge in [-0.3, -0.25) is 4.72 Å². The number of hydrogen-bond acceptors (Lipinski definition) is 6. The smallest absolute Gasteiger partial charge is 0.261 e. The molecule has 7 nitrogen and oxygen atoms in total. The fourth-order valence-electron chi connectivity index (χ4n) is 5.20. The molecule has 5 rings (SSSR count). The van der Waals surface area contributed by atoms with Crippen molar-refractivity contribution in [2.75, 3.05) is 30.9 Å². The van der Waals surface area contributed by atoms with Gasteiger partial charge in [-0.05, 0) is 73.4 Å². The summed E-state index contributed by atoms with van der Waals surface area (Å²) >= 11 is 0. The Morgan fingerprint density at radius 2 is 1.81 bits per heavy atom. The summed E-state index contributed by atoms with van der Waals surface area (Å²) in [5.41, 5.74) is 3.40. The third kappa shape index (κ3) is 4.37. The first-order valence-corrected chi connectivity index (χ1v) is 13.5. The van der Waals surface area contributed by atoms with E-state index in [4.69, 9.17) is 14.2 Å². The molecule has 1 heterocycles. The standard InChI is InChI=1S/C28H30N2O5S/c1-4-35-19-13-11-18(12-14-19)30-36(31,32)20-15-16-25-24(17-20)21-7-5-8-22(21)27(29-25)23-9-6-10-26(33-2)28(23)34-3/h5-7,9-17,21-22,27,29-30H,4,8H2,1-3H3/t21-,22+,27-/m0/s1. The Kier molecular flexibility index (Phi) is 6.53. The molecule has 0 unspecified atom stereocenters. The normalized spacial score (nSPS) is 20.1. The van der Waals surface area contributed by atoms with E-state index in [2.05, 4.69) is 28.3 Å². The van der Waals surface area contributed by atoms with E-state index in [9.17, 15) is 8.42 Å². The van der Waals surface area contributed by atoms with Crippen LogP contribution in [-0.4, -0.2) is 29.2 Å². The van der Waals surface area contributed by atoms with E-state index >= 15 is 0 Å². The lowest BCUT2D eigenvalue weighted by molar-refractivity contribution is 0.340. The van der Waals surface area contributed by atoms with Crippen molar-refractivity contribution < 1.29 is 22.6 Å². The third-order valence-corrected chi connectivity index (χ3v) is 8.21. The van der Waals surface area contributed by atoms with Gasteiger partial charge in [-0.25, -0.2) is 8.42 Å². The molecule has 0 bridgehead atoms. The molecule has 0 radical (unpaired) electrons. The molecule has 0 fully saturated rings. The van der Waals surface area contributed by atoms with Crippen molar-refractivity contribution in [1.82, 2.24) is 0 Å². The largest absolute Gasteiger partial charge is 0.494 e. The average molecular weight is 507 g/mol. The highest BCUT2D eigenvalue weighted by molar-refractivity contribution is 7.92. The van der Waals surface area contributed by atoms with Crippen LogP contribution in [0.2, 0.25) is 0 Å². The summed E-state index contributed by atoms with van der Waals surface area (Å²) in [6, 6.07) is 18.1. The van der Waals surface area contributed by atoms with Crippen molar-refractivity contribution in [2.24, 2.45) is 5.92 Å². The number of rotatable bonds is 8. The van der Waals surface area contributed by atoms with Crippen LogP contribution in [-0.2, 0) is 10.0 Å². The molecule has 8 heteroatoms. The molecule has 1 aliphatic carbocycles. The van der Waals surface area contributed by atoms with Crippen LogP contribution in [0.15, 0.2) is 77.7 Å². The second kappa shape index (κ2) is 9.78. The summed E-state index contributed by atoms with van der Waals surface area (Å²) in [4.78, 5) is 0.230. The summed E-state index contributed by atoms with van der Waals surface area (Å²) in [6.45, 7) is 2.46. The van der Waals surface area contributed by atoms with Crippen LogP contribution < -0.4 is 24.2 Å². The molecule has 3 aromatic carbocycles. The molecular weight excluding hydrogens is 476 g/mol. The molecule has 36 heavy (non-hydrogen) atoms. The number of fused-ring (bicyclic) bond motifs is 3. The van der Waals surface area contributed by atoms with Crippen LogP contribution in [0, 0.1) is 5.92 Å². The Labute approximate surface area is 212 Å². The van der Waals surface area contributed by atoms with E-state index in [0.29, 0.717) is 29.5 Å². The molecule has 2 N–H and O–H groups in total. The number of benzene rings is 3. The second-order valence-corrected chi connectivity index (χ2v) is 10.6. The van der Waals surface area contributed by atoms with Crippen molar-refractivity contribution >= 4 is 21.4 Å². The van der Waals surface area contributed by atoms with E-state index in [1.165, 1.54) is 0 Å². The van der Waals surface area contributed by atoms with Crippen LogP contribution in [0.4, 0.5) is 11.4 Å². The van der Waals surface area contributed by atoms with Crippen molar-refractivity contribution in [3.05, 3.63) is 83.9 Å². The topological polar surface area (TPSA) is 85.9 Å². The minimum absolute atomic E-state index is 0.00742. The molecule has 0 spiro atoms. The summed E-state index contributed by atoms with van der Waals surface area (Å²) < 4.78 is 45.8. The van der Waals surface area contributed by atoms with E-state index in [1.807, 2.05) is 25.1 Å². The molecule has 3 atom stereocenters. The number of anilines is 2. The maximum absolute atomic E-state index is 13.2. The first kappa shape index (κ1) is 24.1. The van der Waals surface area contributed by atoms with Gasteiger partial charge >= 0.3 is 0 Å². The molecule has 2 aliphatic rings. The maximum Gasteiger partial charge on any atom is 0.261 e. The zero-order valence-corrected chi connectivity index (χ0v) is 21.3. The predicted molar refractivity (Wildman–Crippen MR) is 141 cm³/mol. The van der Waals surface area contributed by atoms with Crippen LogP contribution >= 0.6 is 0 Å². The van der Waals surface area contributed by atoms with Crippen molar-refractivity contribution in [1.29, 1.82) is 0 Å². The molecular formula is C28H30N2O5S. The van der Waals surface area contributed by atoms with E-state index < -0.39 is 10.0 Å². The molecule has 1 aliphatic heterocycles. The van der Waals surface area contributed by atoms with Gasteiger partial charge in [0.1, 0.15) is 5.75 Å². The minimum Gasteiger partial charge on any atom is -0.494 e. The number of nitrogens with one attached hydrogen (secondary N) is 2. The SMILES string of the molecule is CCOc1ccc(NS(=O)(=O)c2ccc3c(c2)[C@H]2C=CC[C@H]2[C@@H](c2cccc(OC)c2OC)N3)cc1. The highest BCUT2D eigenvalue weighted by Crippen LogP contribution is 2.52. The number of sulfonamides is 1. The Balaban J connectivity index is 1.46. The molecule has 0 saturated heterocycles. The van der Waals surface area contributed by atoms with Gasteiger partial charge in [0.25, 0.3) is 10.0 Å². The Hall–Kier alpha value is -3.65. The van der Waals surface area contributed by atoms with Gasteiger partial charge in [0.05, 0.1) is 31.8 Å². The Morgan fingerprint density at radius 1 is 1.00 bits per heavy atom. The molecule has 3 aromatic rings. The van der Waals surface area contributed by atoms with Gasteiger partial charge in [0.2, 0.25) is 0 Å². The lowest BCUT2D eigenvalue weighted by Gasteiger charge is -2.38. The van der Waals surface area contributed by atoms with Crippen molar-refractivity contribution in [3.8, 4) is 17.2 Å². The van der Waals surface area contributed by atoms with Crippen LogP contribution in [0.1, 0.15) is 36.4 Å². The fraction of sp³-hybridized carbons (Fsp3) is 0.286. The zero-order chi connectivity index (χ0) is 25.3. The minimum atomic E-state index is -3.77. The average Bonchev–Trinajstić information content (AvgIpc) is 3.39. The van der Waals surface area contributed by atoms with Gasteiger partial charge in [-0.2, -0.15) is 0 Å². The summed E-state index contributed by atoms with van der Waals surface area (Å²) in [5, 5.41) is 3.65. The van der Waals surface area contributed by atoms with Crippen molar-refractivity contribution in [2.45, 2.75) is 30.2 Å². The Morgan fingerprint density at radius 3 is 2.53 bits per heavy atom. The van der Waals surface area contributed by atoms with Gasteiger partial charge in [0.15, 0.2) is 11.5 Å². The van der Waals surface area contributed by atoms with E-state index in [-0.39, 0.29) is 22.8 Å². The summed E-state index contributed by atoms with van der Waals surface area (Å²) in [7, 11) is -0.482. The highest BCUT2D eigenvalue weighted by atomic mass is 32.2. The van der Waals surface area contributed by atoms with Crippen molar-refractivity contribution in [3.63, 3.8) is 0 Å². The van der Waals surface area contributed by atoms with E-state index in [1.54, 1.807) is 50.6 Å². The summed E-state index contributed by atoms with van der Waals surface area (Å²) in [5.74, 6) is 2.40. The van der Waals surface area contributed by atoms with Gasteiger partial charge in [-0.1, -0.05) is 24.3 Å². The lowest BCUT2D eigenvalue weighted by Crippen LogP contribution is -2.29. The fourth-order valence-corrected chi connectivity index (χ4v) is 6.30. The highest BCUT2D eigenvalue weighted by Gasteiger charge is 2.40. The van der Waals surface area contributed by atoms with Crippen LogP contribution in [0.3, 0.4) is 0 Å². The monoisotopic (exact) mass is 506 g/mol. The van der Waals surface area contributed by atoms with Gasteiger partial charge < -0.3 is 19.5 Å². The van der Waals surface area contributed by atoms with Crippen LogP contribution in [0.5, 0.6) is 17.2 Å². The third-order valence-electron chi connectivity index (χ3n) is 6.83.